The van der Waals surface area contributed by atoms with E-state index in [9.17, 15) is 4.79 Å². The summed E-state index contributed by atoms with van der Waals surface area (Å²) < 4.78 is 0. The first-order valence-electron chi connectivity index (χ1n) is 6.84. The van der Waals surface area contributed by atoms with Gasteiger partial charge in [0.2, 0.25) is 0 Å². The molecule has 20 heavy (non-hydrogen) atoms. The zero-order chi connectivity index (χ0) is 13.9. The molecular formula is C16H17N3O. The number of nitrogens with one attached hydrogen (secondary N) is 1. The van der Waals surface area contributed by atoms with E-state index in [2.05, 4.69) is 22.4 Å². The molecule has 0 bridgehead atoms. The molecule has 0 spiro atoms. The second-order valence-electron chi connectivity index (χ2n) is 4.89. The molecule has 1 N–H and O–H groups in total. The number of rotatable bonds is 3. The predicted octanol–water partition coefficient (Wildman–Crippen LogP) is 2.67. The number of pyridine rings is 1. The van der Waals surface area contributed by atoms with Crippen LogP contribution in [0.4, 0.5) is 5.69 Å². The highest BCUT2D eigenvalue weighted by molar-refractivity contribution is 5.92. The van der Waals surface area contributed by atoms with Gasteiger partial charge >= 0.3 is 0 Å². The van der Waals surface area contributed by atoms with Crippen molar-refractivity contribution in [2.24, 2.45) is 0 Å². The Labute approximate surface area is 118 Å². The van der Waals surface area contributed by atoms with Crippen LogP contribution >= 0.6 is 0 Å². The average molecular weight is 267 g/mol. The number of aromatic nitrogens is 1. The fourth-order valence-corrected chi connectivity index (χ4v) is 2.47. The summed E-state index contributed by atoms with van der Waals surface area (Å²) in [5.74, 6) is -0.00996. The number of amides is 1. The topological polar surface area (TPSA) is 45.2 Å². The Morgan fingerprint density at radius 2 is 1.90 bits per heavy atom. The first kappa shape index (κ1) is 12.7. The number of hydrogen-bond acceptors (Lipinski definition) is 3. The van der Waals surface area contributed by atoms with Crippen molar-refractivity contribution in [2.75, 3.05) is 11.9 Å². The van der Waals surface area contributed by atoms with Crippen molar-refractivity contribution in [1.29, 1.82) is 0 Å². The van der Waals surface area contributed by atoms with Crippen LogP contribution in [0.5, 0.6) is 0 Å². The van der Waals surface area contributed by atoms with Gasteiger partial charge in [0.25, 0.3) is 5.91 Å². The molecule has 0 saturated heterocycles. The van der Waals surface area contributed by atoms with Gasteiger partial charge < -0.3 is 10.2 Å². The summed E-state index contributed by atoms with van der Waals surface area (Å²) in [6.45, 7) is 4.22. The minimum absolute atomic E-state index is 0.00996. The molecular weight excluding hydrogens is 250 g/mol. The highest BCUT2D eigenvalue weighted by Crippen LogP contribution is 2.23. The Kier molecular flexibility index (Phi) is 3.37. The molecule has 1 aromatic carbocycles. The molecule has 0 fully saturated rings. The molecule has 1 amide bonds. The normalized spacial score (nSPS) is 13.2. The van der Waals surface area contributed by atoms with Gasteiger partial charge in [-0.15, -0.1) is 0 Å². The molecule has 0 atom stereocenters. The standard InChI is InChI=1S/C16H17N3O/c1-2-17-14-7-8-15(18-9-14)16(20)19-10-12-5-3-4-6-13(12)11-19/h3-9,17H,2,10-11H2,1H3. The van der Waals surface area contributed by atoms with Gasteiger partial charge in [-0.3, -0.25) is 4.79 Å². The third-order valence-corrected chi connectivity index (χ3v) is 3.49. The van der Waals surface area contributed by atoms with E-state index in [4.69, 9.17) is 0 Å². The van der Waals surface area contributed by atoms with Crippen LogP contribution < -0.4 is 5.32 Å². The summed E-state index contributed by atoms with van der Waals surface area (Å²) >= 11 is 0. The summed E-state index contributed by atoms with van der Waals surface area (Å²) in [6.07, 6.45) is 1.71. The van der Waals surface area contributed by atoms with Crippen molar-refractivity contribution in [3.8, 4) is 0 Å². The van der Waals surface area contributed by atoms with Crippen molar-refractivity contribution < 1.29 is 4.79 Å². The third kappa shape index (κ3) is 2.37. The van der Waals surface area contributed by atoms with Gasteiger partial charge in [0.15, 0.2) is 0 Å². The first-order chi connectivity index (χ1) is 9.78. The number of fused-ring (bicyclic) bond motifs is 1. The van der Waals surface area contributed by atoms with Crippen LogP contribution in [0, 0.1) is 0 Å². The zero-order valence-electron chi connectivity index (χ0n) is 11.5. The molecule has 3 rings (SSSR count). The third-order valence-electron chi connectivity index (χ3n) is 3.49. The molecule has 0 saturated carbocycles. The summed E-state index contributed by atoms with van der Waals surface area (Å²) in [4.78, 5) is 18.5. The number of nitrogens with zero attached hydrogens (tertiary/aromatic N) is 2. The monoisotopic (exact) mass is 267 g/mol. The van der Waals surface area contributed by atoms with Crippen molar-refractivity contribution in [3.05, 3.63) is 59.4 Å². The fourth-order valence-electron chi connectivity index (χ4n) is 2.47. The van der Waals surface area contributed by atoms with Crippen LogP contribution in [0.15, 0.2) is 42.6 Å². The minimum atomic E-state index is -0.00996. The highest BCUT2D eigenvalue weighted by atomic mass is 16.2. The van der Waals surface area contributed by atoms with Gasteiger partial charge in [-0.1, -0.05) is 24.3 Å². The maximum absolute atomic E-state index is 12.4. The molecule has 0 unspecified atom stereocenters. The lowest BCUT2D eigenvalue weighted by molar-refractivity contribution is 0.0745. The maximum Gasteiger partial charge on any atom is 0.273 e. The SMILES string of the molecule is CCNc1ccc(C(=O)N2Cc3ccccc3C2)nc1. The molecule has 0 aliphatic carbocycles. The lowest BCUT2D eigenvalue weighted by atomic mass is 10.1. The van der Waals surface area contributed by atoms with Gasteiger partial charge in [0.05, 0.1) is 11.9 Å². The molecule has 4 nitrogen and oxygen atoms in total. The average Bonchev–Trinajstić information content (AvgIpc) is 2.91. The number of hydrogen-bond donors (Lipinski definition) is 1. The van der Waals surface area contributed by atoms with Gasteiger partial charge in [0.1, 0.15) is 5.69 Å². The molecule has 2 heterocycles. The largest absolute Gasteiger partial charge is 0.384 e. The van der Waals surface area contributed by atoms with Crippen LogP contribution in [-0.2, 0) is 13.1 Å². The van der Waals surface area contributed by atoms with E-state index in [-0.39, 0.29) is 5.91 Å². The van der Waals surface area contributed by atoms with Crippen LogP contribution in [0.25, 0.3) is 0 Å². The molecule has 1 aromatic heterocycles. The summed E-state index contributed by atoms with van der Waals surface area (Å²) in [7, 11) is 0. The second-order valence-corrected chi connectivity index (χ2v) is 4.89. The van der Waals surface area contributed by atoms with Gasteiger partial charge in [-0.05, 0) is 30.2 Å². The van der Waals surface area contributed by atoms with Gasteiger partial charge in [-0.2, -0.15) is 0 Å². The second kappa shape index (κ2) is 5.33. The lowest BCUT2D eigenvalue weighted by Gasteiger charge is -2.15. The van der Waals surface area contributed by atoms with Crippen molar-refractivity contribution in [3.63, 3.8) is 0 Å². The first-order valence-corrected chi connectivity index (χ1v) is 6.84. The van der Waals surface area contributed by atoms with E-state index in [1.165, 1.54) is 11.1 Å². The molecule has 2 aromatic rings. The van der Waals surface area contributed by atoms with E-state index in [0.717, 1.165) is 12.2 Å². The molecule has 1 aliphatic rings. The Morgan fingerprint density at radius 3 is 2.45 bits per heavy atom. The Balaban J connectivity index is 1.74. The maximum atomic E-state index is 12.4. The molecule has 102 valence electrons. The molecule has 0 radical (unpaired) electrons. The number of anilines is 1. The molecule has 4 heteroatoms. The molecule has 1 aliphatic heterocycles. The van der Waals surface area contributed by atoms with Gasteiger partial charge in [-0.25, -0.2) is 4.98 Å². The number of carbonyl (C=O) groups excluding carboxylic acids is 1. The summed E-state index contributed by atoms with van der Waals surface area (Å²) in [5, 5.41) is 3.17. The highest BCUT2D eigenvalue weighted by Gasteiger charge is 2.24. The Bertz CT molecular complexity index is 597. The van der Waals surface area contributed by atoms with Crippen molar-refractivity contribution in [2.45, 2.75) is 20.0 Å². The summed E-state index contributed by atoms with van der Waals surface area (Å²) in [6, 6.07) is 11.8. The van der Waals surface area contributed by atoms with Crippen molar-refractivity contribution >= 4 is 11.6 Å². The van der Waals surface area contributed by atoms with Crippen LogP contribution in [0.3, 0.4) is 0 Å². The quantitative estimate of drug-likeness (QED) is 0.930. The predicted molar refractivity (Wildman–Crippen MR) is 78.4 cm³/mol. The van der Waals surface area contributed by atoms with E-state index < -0.39 is 0 Å². The van der Waals surface area contributed by atoms with E-state index >= 15 is 0 Å². The van der Waals surface area contributed by atoms with E-state index in [1.54, 1.807) is 12.3 Å². The van der Waals surface area contributed by atoms with Crippen molar-refractivity contribution in [1.82, 2.24) is 9.88 Å². The van der Waals surface area contributed by atoms with Crippen LogP contribution in [0.2, 0.25) is 0 Å². The summed E-state index contributed by atoms with van der Waals surface area (Å²) in [5.41, 5.74) is 3.89. The number of benzene rings is 1. The van der Waals surface area contributed by atoms with Crippen LogP contribution in [0.1, 0.15) is 28.5 Å². The minimum Gasteiger partial charge on any atom is -0.384 e. The Hall–Kier alpha value is -2.36. The fraction of sp³-hybridized carbons (Fsp3) is 0.250. The van der Waals surface area contributed by atoms with Gasteiger partial charge in [0, 0.05) is 19.6 Å². The van der Waals surface area contributed by atoms with Crippen LogP contribution in [-0.4, -0.2) is 22.3 Å². The zero-order valence-corrected chi connectivity index (χ0v) is 11.5. The lowest BCUT2D eigenvalue weighted by Crippen LogP contribution is -2.26. The number of carbonyl (C=O) groups is 1. The Morgan fingerprint density at radius 1 is 1.20 bits per heavy atom. The smallest absolute Gasteiger partial charge is 0.273 e. The van der Waals surface area contributed by atoms with E-state index in [1.807, 2.05) is 30.0 Å². The van der Waals surface area contributed by atoms with E-state index in [0.29, 0.717) is 18.8 Å².